The van der Waals surface area contributed by atoms with Crippen molar-refractivity contribution in [2.45, 2.75) is 77.4 Å². The number of phenolic OH excluding ortho intramolecular Hbond substituents is 1. The maximum absolute atomic E-state index is 13.9. The number of rotatable bonds is 9. The maximum Gasteiger partial charge on any atom is 0.325 e. The van der Waals surface area contributed by atoms with Gasteiger partial charge in [-0.3, -0.25) is 9.80 Å². The number of carbonyl (C=O) groups excluding carboxylic acids is 1. The highest BCUT2D eigenvalue weighted by Crippen LogP contribution is 2.49. The Bertz CT molecular complexity index is 1290. The number of methoxy groups -OCH3 is 2. The molecule has 1 spiro atoms. The van der Waals surface area contributed by atoms with Crippen LogP contribution in [0.2, 0.25) is 0 Å². The summed E-state index contributed by atoms with van der Waals surface area (Å²) < 4.78 is 16.9. The van der Waals surface area contributed by atoms with Crippen molar-refractivity contribution in [1.82, 2.24) is 14.7 Å². The molecule has 1 N–H and O–H groups in total. The number of carbonyl (C=O) groups is 1. The molecule has 2 saturated heterocycles. The van der Waals surface area contributed by atoms with E-state index in [1.165, 1.54) is 0 Å². The fraction of sp³-hybridized carbons (Fsp3) is 0.545. The number of piperidine rings is 1. The molecule has 5 rings (SSSR count). The van der Waals surface area contributed by atoms with E-state index in [1.807, 2.05) is 17.0 Å². The van der Waals surface area contributed by atoms with Crippen LogP contribution in [-0.4, -0.2) is 71.8 Å². The first-order valence-corrected chi connectivity index (χ1v) is 14.9. The van der Waals surface area contributed by atoms with Gasteiger partial charge in [0.05, 0.1) is 32.9 Å². The smallest absolute Gasteiger partial charge is 0.325 e. The number of likely N-dealkylation sites (N-methyl/N-ethyl adjacent to an activating group) is 1. The lowest BCUT2D eigenvalue weighted by atomic mass is 9.77. The number of allylic oxidation sites excluding steroid dienone is 1. The van der Waals surface area contributed by atoms with Gasteiger partial charge in [-0.05, 0) is 67.1 Å². The third-order valence-electron chi connectivity index (χ3n) is 9.02. The molecular formula is C33H45N3O5. The lowest BCUT2D eigenvalue weighted by molar-refractivity contribution is 0.0885. The molecular weight excluding hydrogens is 518 g/mol. The first kappa shape index (κ1) is 29.1. The second-order valence-electron chi connectivity index (χ2n) is 12.1. The summed E-state index contributed by atoms with van der Waals surface area (Å²) in [7, 11) is 3.35. The number of benzene rings is 2. The van der Waals surface area contributed by atoms with E-state index in [4.69, 9.17) is 14.2 Å². The van der Waals surface area contributed by atoms with Crippen molar-refractivity contribution in [3.63, 3.8) is 0 Å². The van der Waals surface area contributed by atoms with E-state index in [2.05, 4.69) is 55.7 Å². The zero-order chi connectivity index (χ0) is 29.4. The Balaban J connectivity index is 1.43. The van der Waals surface area contributed by atoms with Crippen LogP contribution in [-0.2, 0) is 18.5 Å². The van der Waals surface area contributed by atoms with Crippen LogP contribution < -0.4 is 14.2 Å². The number of urea groups is 1. The number of hydrogen-bond donors (Lipinski definition) is 1. The fourth-order valence-corrected chi connectivity index (χ4v) is 6.82. The molecule has 2 aromatic rings. The van der Waals surface area contributed by atoms with E-state index < -0.39 is 0 Å². The number of aromatic hydroxyl groups is 1. The molecule has 3 aliphatic heterocycles. The molecule has 0 unspecified atom stereocenters. The van der Waals surface area contributed by atoms with Gasteiger partial charge in [0.25, 0.3) is 0 Å². The van der Waals surface area contributed by atoms with E-state index in [0.29, 0.717) is 25.4 Å². The molecule has 2 aromatic carbocycles. The van der Waals surface area contributed by atoms with Crippen molar-refractivity contribution in [3.05, 3.63) is 58.8 Å². The van der Waals surface area contributed by atoms with Crippen molar-refractivity contribution in [2.24, 2.45) is 0 Å². The minimum Gasteiger partial charge on any atom is -0.504 e. The highest BCUT2D eigenvalue weighted by Gasteiger charge is 2.55. The van der Waals surface area contributed by atoms with Crippen molar-refractivity contribution < 1.29 is 24.1 Å². The van der Waals surface area contributed by atoms with Crippen LogP contribution in [0.4, 0.5) is 4.79 Å². The molecule has 0 aliphatic carbocycles. The molecule has 0 bridgehead atoms. The highest BCUT2D eigenvalue weighted by atomic mass is 16.5. The average Bonchev–Trinajstić information content (AvgIpc) is 3.07. The van der Waals surface area contributed by atoms with Crippen molar-refractivity contribution in [3.8, 4) is 23.0 Å². The second kappa shape index (κ2) is 11.5. The fourth-order valence-electron chi connectivity index (χ4n) is 6.82. The average molecular weight is 564 g/mol. The first-order valence-electron chi connectivity index (χ1n) is 14.9. The lowest BCUT2D eigenvalue weighted by Gasteiger charge is -2.44. The normalized spacial score (nSPS) is 19.5. The quantitative estimate of drug-likeness (QED) is 0.374. The van der Waals surface area contributed by atoms with Gasteiger partial charge in [-0.2, -0.15) is 0 Å². The van der Waals surface area contributed by atoms with Gasteiger partial charge >= 0.3 is 6.03 Å². The monoisotopic (exact) mass is 563 g/mol. The summed E-state index contributed by atoms with van der Waals surface area (Å²) in [6.45, 7) is 12.8. The largest absolute Gasteiger partial charge is 0.504 e. The standard InChI is InChI=1S/C33H45N3O5/c1-7-9-14-41-29-19-27-24(17-28(29)37)22-35-30(20-32(27,3)4)33(36(8-2)31(35)38)10-12-34(13-11-33)21-23-15-25(39-5)18-26(16-23)40-6/h15-20,37H,7-14,21-22H2,1-6H3. The van der Waals surface area contributed by atoms with Crippen molar-refractivity contribution >= 4 is 6.03 Å². The van der Waals surface area contributed by atoms with E-state index >= 15 is 0 Å². The zero-order valence-corrected chi connectivity index (χ0v) is 25.5. The van der Waals surface area contributed by atoms with E-state index in [9.17, 15) is 9.90 Å². The Morgan fingerprint density at radius 3 is 2.27 bits per heavy atom. The predicted molar refractivity (Wildman–Crippen MR) is 160 cm³/mol. The van der Waals surface area contributed by atoms with Crippen molar-refractivity contribution in [1.29, 1.82) is 0 Å². The summed E-state index contributed by atoms with van der Waals surface area (Å²) in [6.07, 6.45) is 5.99. The van der Waals surface area contributed by atoms with E-state index in [-0.39, 0.29) is 22.7 Å². The molecule has 41 heavy (non-hydrogen) atoms. The first-order chi connectivity index (χ1) is 19.6. The Hall–Kier alpha value is -3.39. The molecule has 0 radical (unpaired) electrons. The highest BCUT2D eigenvalue weighted by molar-refractivity contribution is 5.83. The number of nitrogens with zero attached hydrogens (tertiary/aromatic N) is 3. The maximum atomic E-state index is 13.9. The van der Waals surface area contributed by atoms with Gasteiger partial charge in [0, 0.05) is 43.4 Å². The molecule has 8 heteroatoms. The molecule has 3 aliphatic rings. The Morgan fingerprint density at radius 1 is 0.976 bits per heavy atom. The van der Waals surface area contributed by atoms with Gasteiger partial charge in [-0.15, -0.1) is 0 Å². The Labute approximate surface area is 244 Å². The number of unbranched alkanes of at least 4 members (excludes halogenated alkanes) is 1. The molecule has 2 fully saturated rings. The Kier molecular flexibility index (Phi) is 8.15. The molecule has 0 saturated carbocycles. The number of amides is 2. The third-order valence-corrected chi connectivity index (χ3v) is 9.02. The lowest BCUT2D eigenvalue weighted by Crippen LogP contribution is -2.53. The summed E-state index contributed by atoms with van der Waals surface area (Å²) in [5.41, 5.74) is 3.61. The van der Waals surface area contributed by atoms with Crippen molar-refractivity contribution in [2.75, 3.05) is 40.5 Å². The molecule has 222 valence electrons. The van der Waals surface area contributed by atoms with Crippen LogP contribution in [0.1, 0.15) is 70.1 Å². The topological polar surface area (TPSA) is 74.7 Å². The van der Waals surface area contributed by atoms with Crippen LogP contribution in [0.3, 0.4) is 0 Å². The van der Waals surface area contributed by atoms with Crippen LogP contribution in [0.25, 0.3) is 0 Å². The summed E-state index contributed by atoms with van der Waals surface area (Å²) >= 11 is 0. The number of fused-ring (bicyclic) bond motifs is 3. The van der Waals surface area contributed by atoms with Crippen LogP contribution in [0.5, 0.6) is 23.0 Å². The van der Waals surface area contributed by atoms with E-state index in [0.717, 1.165) is 79.2 Å². The summed E-state index contributed by atoms with van der Waals surface area (Å²) in [4.78, 5) is 20.4. The molecule has 8 nitrogen and oxygen atoms in total. The van der Waals surface area contributed by atoms with Gasteiger partial charge in [-0.1, -0.05) is 33.3 Å². The SMILES string of the molecule is CCCCOc1cc2c(cc1O)CN1C(=O)N(CC)C3(CCN(Cc4cc(OC)cc(OC)c4)CC3)C1=CC2(C)C. The van der Waals surface area contributed by atoms with Crippen LogP contribution >= 0.6 is 0 Å². The summed E-state index contributed by atoms with van der Waals surface area (Å²) in [6, 6.07) is 9.86. The van der Waals surface area contributed by atoms with Gasteiger partial charge in [-0.25, -0.2) is 4.79 Å². The zero-order valence-electron chi connectivity index (χ0n) is 25.5. The second-order valence-corrected chi connectivity index (χ2v) is 12.1. The molecule has 2 amide bonds. The molecule has 0 atom stereocenters. The number of phenols is 1. The van der Waals surface area contributed by atoms with Gasteiger partial charge in [0.15, 0.2) is 11.5 Å². The minimum atomic E-state index is -0.351. The number of hydrogen-bond acceptors (Lipinski definition) is 6. The summed E-state index contributed by atoms with van der Waals surface area (Å²) in [5.74, 6) is 2.23. The third kappa shape index (κ3) is 5.34. The minimum absolute atomic E-state index is 0.0520. The number of likely N-dealkylation sites (tertiary alicyclic amines) is 1. The predicted octanol–water partition coefficient (Wildman–Crippen LogP) is 6.06. The van der Waals surface area contributed by atoms with Crippen LogP contribution in [0.15, 0.2) is 42.1 Å². The van der Waals surface area contributed by atoms with Gasteiger partial charge in [0.1, 0.15) is 11.5 Å². The van der Waals surface area contributed by atoms with Gasteiger partial charge in [0.2, 0.25) is 0 Å². The summed E-state index contributed by atoms with van der Waals surface area (Å²) in [5, 5.41) is 10.8. The Morgan fingerprint density at radius 2 is 1.66 bits per heavy atom. The van der Waals surface area contributed by atoms with Gasteiger partial charge < -0.3 is 24.2 Å². The molecule has 0 aromatic heterocycles. The van der Waals surface area contributed by atoms with Crippen LogP contribution in [0, 0.1) is 0 Å². The molecule has 3 heterocycles. The number of ether oxygens (including phenoxy) is 3. The van der Waals surface area contributed by atoms with E-state index in [1.54, 1.807) is 20.3 Å².